The van der Waals surface area contributed by atoms with Gasteiger partial charge in [-0.3, -0.25) is 4.68 Å². The second-order valence-corrected chi connectivity index (χ2v) is 4.24. The highest BCUT2D eigenvalue weighted by molar-refractivity contribution is 5.27. The largest absolute Gasteiger partial charge is 0.493 e. The van der Waals surface area contributed by atoms with Crippen LogP contribution in [0.1, 0.15) is 31.6 Å². The molecule has 1 saturated heterocycles. The molecule has 0 bridgehead atoms. The van der Waals surface area contributed by atoms with E-state index < -0.39 is 6.10 Å². The third-order valence-corrected chi connectivity index (χ3v) is 2.92. The van der Waals surface area contributed by atoms with Crippen LogP contribution in [0, 0.1) is 0 Å². The van der Waals surface area contributed by atoms with Crippen LogP contribution in [-0.4, -0.2) is 41.5 Å². The molecule has 0 amide bonds. The summed E-state index contributed by atoms with van der Waals surface area (Å²) in [4.78, 5) is 0. The minimum atomic E-state index is -0.697. The third-order valence-electron chi connectivity index (χ3n) is 2.92. The van der Waals surface area contributed by atoms with Gasteiger partial charge in [-0.2, -0.15) is 5.10 Å². The van der Waals surface area contributed by atoms with Gasteiger partial charge in [-0.25, -0.2) is 0 Å². The van der Waals surface area contributed by atoms with E-state index in [-0.39, 0.29) is 6.29 Å². The van der Waals surface area contributed by atoms with Crippen molar-refractivity contribution in [2.75, 3.05) is 20.3 Å². The molecule has 0 spiro atoms. The average Bonchev–Trinajstić information content (AvgIpc) is 2.98. The zero-order chi connectivity index (χ0) is 13.0. The molecule has 0 radical (unpaired) electrons. The zero-order valence-corrected chi connectivity index (χ0v) is 10.8. The number of hydrogen-bond acceptors (Lipinski definition) is 5. The Labute approximate surface area is 106 Å². The van der Waals surface area contributed by atoms with Crippen molar-refractivity contribution in [3.05, 3.63) is 11.9 Å². The molecule has 0 aromatic carbocycles. The molecule has 0 saturated carbocycles. The number of aliphatic hydroxyl groups excluding tert-OH is 1. The molecular weight excluding hydrogens is 236 g/mol. The van der Waals surface area contributed by atoms with Crippen molar-refractivity contribution in [1.29, 1.82) is 0 Å². The Morgan fingerprint density at radius 3 is 2.89 bits per heavy atom. The van der Waals surface area contributed by atoms with Crippen LogP contribution < -0.4 is 4.74 Å². The summed E-state index contributed by atoms with van der Waals surface area (Å²) in [6, 6.07) is 0. The number of methoxy groups -OCH3 is 1. The van der Waals surface area contributed by atoms with Gasteiger partial charge in [-0.15, -0.1) is 0 Å². The van der Waals surface area contributed by atoms with Crippen molar-refractivity contribution < 1.29 is 19.3 Å². The summed E-state index contributed by atoms with van der Waals surface area (Å²) < 4.78 is 17.7. The molecule has 1 aromatic heterocycles. The average molecular weight is 256 g/mol. The molecule has 1 fully saturated rings. The van der Waals surface area contributed by atoms with Crippen molar-refractivity contribution in [3.63, 3.8) is 0 Å². The zero-order valence-electron chi connectivity index (χ0n) is 10.8. The maximum absolute atomic E-state index is 10.3. The quantitative estimate of drug-likeness (QED) is 0.825. The Bertz CT molecular complexity index is 374. The van der Waals surface area contributed by atoms with Crippen LogP contribution in [-0.2, 0) is 16.0 Å². The second kappa shape index (κ2) is 6.17. The Hall–Kier alpha value is -1.11. The summed E-state index contributed by atoms with van der Waals surface area (Å²) >= 11 is 0. The SMILES string of the molecule is CCCn1ncc(OC)c1C(O)CC1OCCO1. The minimum absolute atomic E-state index is 0.338. The Balaban J connectivity index is 2.10. The number of hydrogen-bond donors (Lipinski definition) is 1. The minimum Gasteiger partial charge on any atom is -0.493 e. The molecule has 6 heteroatoms. The molecule has 1 unspecified atom stereocenters. The van der Waals surface area contributed by atoms with E-state index in [1.165, 1.54) is 0 Å². The molecule has 6 nitrogen and oxygen atoms in total. The van der Waals surface area contributed by atoms with Crippen molar-refractivity contribution in [3.8, 4) is 5.75 Å². The summed E-state index contributed by atoms with van der Waals surface area (Å²) in [5.74, 6) is 0.606. The lowest BCUT2D eigenvalue weighted by Crippen LogP contribution is -2.17. The van der Waals surface area contributed by atoms with Gasteiger partial charge in [-0.1, -0.05) is 6.92 Å². The van der Waals surface area contributed by atoms with Gasteiger partial charge in [0.15, 0.2) is 12.0 Å². The molecule has 1 atom stereocenters. The standard InChI is InChI=1S/C12H20N2O4/c1-3-4-14-12(10(16-2)8-13-14)9(15)7-11-17-5-6-18-11/h8-9,11,15H,3-7H2,1-2H3. The molecule has 1 aliphatic rings. The molecular formula is C12H20N2O4. The van der Waals surface area contributed by atoms with Crippen LogP contribution in [0.25, 0.3) is 0 Å². The van der Waals surface area contributed by atoms with Crippen LogP contribution in [0.2, 0.25) is 0 Å². The summed E-state index contributed by atoms with van der Waals surface area (Å²) in [5.41, 5.74) is 0.693. The molecule has 2 rings (SSSR count). The van der Waals surface area contributed by atoms with Crippen molar-refractivity contribution in [2.45, 2.75) is 38.7 Å². The molecule has 18 heavy (non-hydrogen) atoms. The third kappa shape index (κ3) is 2.82. The van der Waals surface area contributed by atoms with Crippen molar-refractivity contribution in [2.24, 2.45) is 0 Å². The number of aromatic nitrogens is 2. The first-order valence-electron chi connectivity index (χ1n) is 6.27. The van der Waals surface area contributed by atoms with E-state index in [0.29, 0.717) is 31.1 Å². The highest BCUT2D eigenvalue weighted by Crippen LogP contribution is 2.29. The van der Waals surface area contributed by atoms with Crippen molar-refractivity contribution >= 4 is 0 Å². The predicted molar refractivity (Wildman–Crippen MR) is 64.3 cm³/mol. The van der Waals surface area contributed by atoms with Gasteiger partial charge in [0.2, 0.25) is 0 Å². The number of aliphatic hydroxyl groups is 1. The fourth-order valence-electron chi connectivity index (χ4n) is 2.10. The lowest BCUT2D eigenvalue weighted by molar-refractivity contribution is -0.0721. The first-order valence-corrected chi connectivity index (χ1v) is 6.27. The lowest BCUT2D eigenvalue weighted by Gasteiger charge is -2.17. The monoisotopic (exact) mass is 256 g/mol. The van der Waals surface area contributed by atoms with E-state index in [0.717, 1.165) is 13.0 Å². The Kier molecular flexibility index (Phi) is 4.57. The van der Waals surface area contributed by atoms with Crippen molar-refractivity contribution in [1.82, 2.24) is 9.78 Å². The molecule has 1 aliphatic heterocycles. The van der Waals surface area contributed by atoms with Gasteiger partial charge in [0.1, 0.15) is 11.8 Å². The van der Waals surface area contributed by atoms with Gasteiger partial charge < -0.3 is 19.3 Å². The fourth-order valence-corrected chi connectivity index (χ4v) is 2.10. The summed E-state index contributed by atoms with van der Waals surface area (Å²) in [7, 11) is 1.58. The van der Waals surface area contributed by atoms with Crippen LogP contribution in [0.15, 0.2) is 6.20 Å². The molecule has 1 N–H and O–H groups in total. The summed E-state index contributed by atoms with van der Waals surface area (Å²) in [5, 5.41) is 14.5. The number of rotatable bonds is 6. The van der Waals surface area contributed by atoms with Crippen LogP contribution in [0.3, 0.4) is 0 Å². The molecule has 2 heterocycles. The van der Waals surface area contributed by atoms with Crippen LogP contribution in [0.5, 0.6) is 5.75 Å². The number of aryl methyl sites for hydroxylation is 1. The summed E-state index contributed by atoms with van der Waals surface area (Å²) in [6.45, 7) is 3.99. The van der Waals surface area contributed by atoms with E-state index >= 15 is 0 Å². The lowest BCUT2D eigenvalue weighted by atomic mass is 10.1. The van der Waals surface area contributed by atoms with Gasteiger partial charge in [-0.05, 0) is 6.42 Å². The number of ether oxygens (including phenoxy) is 3. The predicted octanol–water partition coefficient (Wildman–Crippen LogP) is 1.10. The fraction of sp³-hybridized carbons (Fsp3) is 0.750. The van der Waals surface area contributed by atoms with Gasteiger partial charge in [0.25, 0.3) is 0 Å². The first kappa shape index (κ1) is 13.3. The maximum Gasteiger partial charge on any atom is 0.162 e. The van der Waals surface area contributed by atoms with Gasteiger partial charge in [0.05, 0.1) is 26.5 Å². The molecule has 102 valence electrons. The topological polar surface area (TPSA) is 65.7 Å². The number of nitrogens with zero attached hydrogens (tertiary/aromatic N) is 2. The molecule has 0 aliphatic carbocycles. The maximum atomic E-state index is 10.3. The van der Waals surface area contributed by atoms with E-state index in [1.807, 2.05) is 0 Å². The van der Waals surface area contributed by atoms with Gasteiger partial charge >= 0.3 is 0 Å². The Morgan fingerprint density at radius 2 is 2.28 bits per heavy atom. The highest BCUT2D eigenvalue weighted by Gasteiger charge is 2.26. The normalized spacial score (nSPS) is 18.2. The van der Waals surface area contributed by atoms with E-state index in [2.05, 4.69) is 12.0 Å². The van der Waals surface area contributed by atoms with Crippen LogP contribution in [0.4, 0.5) is 0 Å². The van der Waals surface area contributed by atoms with E-state index in [4.69, 9.17) is 14.2 Å². The van der Waals surface area contributed by atoms with E-state index in [9.17, 15) is 5.11 Å². The summed E-state index contributed by atoms with van der Waals surface area (Å²) in [6.07, 6.45) is 1.93. The Morgan fingerprint density at radius 1 is 1.56 bits per heavy atom. The smallest absolute Gasteiger partial charge is 0.162 e. The van der Waals surface area contributed by atoms with Crippen LogP contribution >= 0.6 is 0 Å². The second-order valence-electron chi connectivity index (χ2n) is 4.24. The first-order chi connectivity index (χ1) is 8.76. The van der Waals surface area contributed by atoms with E-state index in [1.54, 1.807) is 18.0 Å². The van der Waals surface area contributed by atoms with Gasteiger partial charge in [0, 0.05) is 13.0 Å². The highest BCUT2D eigenvalue weighted by atomic mass is 16.7. The molecule has 1 aromatic rings.